The minimum atomic E-state index is -4.61. The maximum Gasteiger partial charge on any atom is 0.416 e. The van der Waals surface area contributed by atoms with Crippen LogP contribution in [0.4, 0.5) is 18.9 Å². The van der Waals surface area contributed by atoms with E-state index in [1.165, 1.54) is 0 Å². The number of rotatable bonds is 5. The molecule has 0 saturated carbocycles. The van der Waals surface area contributed by atoms with E-state index in [-0.39, 0.29) is 5.69 Å². The highest BCUT2D eigenvalue weighted by Gasteiger charge is 2.31. The predicted molar refractivity (Wildman–Crippen MR) is 97.9 cm³/mol. The van der Waals surface area contributed by atoms with Crippen LogP contribution in [0.1, 0.15) is 16.7 Å². The molecule has 0 heterocycles. The molecular weight excluding hydrogens is 375 g/mol. The molecule has 0 amide bonds. The Hall–Kier alpha value is -2.80. The van der Waals surface area contributed by atoms with E-state index in [4.69, 9.17) is 0 Å². The Morgan fingerprint density at radius 2 is 1.41 bits per heavy atom. The van der Waals surface area contributed by atoms with E-state index in [1.807, 2.05) is 30.3 Å². The molecule has 3 nitrogen and oxygen atoms in total. The topological polar surface area (TPSA) is 46.2 Å². The second-order valence-corrected chi connectivity index (χ2v) is 7.67. The largest absolute Gasteiger partial charge is 0.416 e. The first-order valence-corrected chi connectivity index (χ1v) is 9.55. The molecule has 1 N–H and O–H groups in total. The van der Waals surface area contributed by atoms with Crippen LogP contribution in [0.2, 0.25) is 0 Å². The van der Waals surface area contributed by atoms with Crippen LogP contribution >= 0.6 is 0 Å². The van der Waals surface area contributed by atoms with Crippen molar-refractivity contribution < 1.29 is 21.6 Å². The summed E-state index contributed by atoms with van der Waals surface area (Å²) >= 11 is 0. The second kappa shape index (κ2) is 7.44. The van der Waals surface area contributed by atoms with Gasteiger partial charge in [0.25, 0.3) is 10.0 Å². The van der Waals surface area contributed by atoms with Crippen molar-refractivity contribution in [2.75, 3.05) is 4.72 Å². The van der Waals surface area contributed by atoms with Crippen LogP contribution in [0.5, 0.6) is 0 Å². The van der Waals surface area contributed by atoms with Crippen LogP contribution in [-0.4, -0.2) is 8.42 Å². The lowest BCUT2D eigenvalue weighted by atomic mass is 10.1. The fourth-order valence-electron chi connectivity index (χ4n) is 2.58. The zero-order valence-electron chi connectivity index (χ0n) is 14.1. The molecule has 0 aliphatic heterocycles. The van der Waals surface area contributed by atoms with Gasteiger partial charge in [0.2, 0.25) is 0 Å². The van der Waals surface area contributed by atoms with Gasteiger partial charge in [-0.05, 0) is 47.9 Å². The Morgan fingerprint density at radius 3 is 2.04 bits per heavy atom. The first-order chi connectivity index (χ1) is 12.7. The van der Waals surface area contributed by atoms with E-state index < -0.39 is 26.7 Å². The Balaban J connectivity index is 1.76. The molecule has 0 aromatic heterocycles. The van der Waals surface area contributed by atoms with Gasteiger partial charge in [0.1, 0.15) is 0 Å². The van der Waals surface area contributed by atoms with E-state index in [0.717, 1.165) is 29.3 Å². The van der Waals surface area contributed by atoms with Crippen molar-refractivity contribution in [1.82, 2.24) is 0 Å². The fraction of sp³-hybridized carbons (Fsp3) is 0.100. The Morgan fingerprint density at radius 1 is 0.778 bits per heavy atom. The van der Waals surface area contributed by atoms with Crippen LogP contribution in [0, 0.1) is 0 Å². The third-order valence-corrected chi connectivity index (χ3v) is 5.31. The lowest BCUT2D eigenvalue weighted by Gasteiger charge is -2.11. The fourth-order valence-corrected chi connectivity index (χ4v) is 3.68. The van der Waals surface area contributed by atoms with Crippen LogP contribution in [0.3, 0.4) is 0 Å². The summed E-state index contributed by atoms with van der Waals surface area (Å²) in [6, 6.07) is 20.1. The molecule has 27 heavy (non-hydrogen) atoms. The number of anilines is 1. The summed E-state index contributed by atoms with van der Waals surface area (Å²) in [6.07, 6.45) is -3.91. The van der Waals surface area contributed by atoms with Gasteiger partial charge < -0.3 is 0 Å². The van der Waals surface area contributed by atoms with Crippen molar-refractivity contribution in [1.29, 1.82) is 0 Å². The SMILES string of the molecule is O=S(=O)(Nc1ccc(Cc2ccccc2)cc1)c1cccc(C(F)(F)F)c1. The molecule has 3 aromatic rings. The Kier molecular flexibility index (Phi) is 5.23. The number of alkyl halides is 3. The average molecular weight is 391 g/mol. The molecule has 0 aliphatic rings. The zero-order valence-corrected chi connectivity index (χ0v) is 14.9. The van der Waals surface area contributed by atoms with Gasteiger partial charge in [-0.15, -0.1) is 0 Å². The minimum Gasteiger partial charge on any atom is -0.280 e. The first-order valence-electron chi connectivity index (χ1n) is 8.07. The van der Waals surface area contributed by atoms with E-state index in [0.29, 0.717) is 12.5 Å². The maximum absolute atomic E-state index is 12.8. The molecule has 0 unspecified atom stereocenters. The predicted octanol–water partition coefficient (Wildman–Crippen LogP) is 5.10. The van der Waals surface area contributed by atoms with Crippen molar-refractivity contribution in [2.24, 2.45) is 0 Å². The van der Waals surface area contributed by atoms with Gasteiger partial charge in [0.15, 0.2) is 0 Å². The van der Waals surface area contributed by atoms with Crippen molar-refractivity contribution in [2.45, 2.75) is 17.5 Å². The highest BCUT2D eigenvalue weighted by atomic mass is 32.2. The second-order valence-electron chi connectivity index (χ2n) is 5.99. The maximum atomic E-state index is 12.8. The van der Waals surface area contributed by atoms with Gasteiger partial charge >= 0.3 is 6.18 Å². The molecule has 0 aliphatic carbocycles. The van der Waals surface area contributed by atoms with Gasteiger partial charge in [-0.25, -0.2) is 8.42 Å². The summed E-state index contributed by atoms with van der Waals surface area (Å²) in [7, 11) is -4.12. The number of sulfonamides is 1. The Bertz CT molecular complexity index is 1020. The zero-order chi connectivity index (χ0) is 19.5. The lowest BCUT2D eigenvalue weighted by Crippen LogP contribution is -2.14. The molecule has 0 saturated heterocycles. The van der Waals surface area contributed by atoms with Gasteiger partial charge in [-0.3, -0.25) is 4.72 Å². The smallest absolute Gasteiger partial charge is 0.280 e. The molecule has 0 radical (unpaired) electrons. The van der Waals surface area contributed by atoms with Gasteiger partial charge in [0.05, 0.1) is 10.5 Å². The van der Waals surface area contributed by atoms with Crippen molar-refractivity contribution in [3.63, 3.8) is 0 Å². The quantitative estimate of drug-likeness (QED) is 0.658. The molecule has 0 atom stereocenters. The van der Waals surface area contributed by atoms with Crippen LogP contribution in [-0.2, 0) is 22.6 Å². The lowest BCUT2D eigenvalue weighted by molar-refractivity contribution is -0.137. The highest BCUT2D eigenvalue weighted by Crippen LogP contribution is 2.30. The number of benzene rings is 3. The summed E-state index contributed by atoms with van der Waals surface area (Å²) < 4.78 is 65.4. The van der Waals surface area contributed by atoms with E-state index in [1.54, 1.807) is 24.3 Å². The molecule has 3 aromatic carbocycles. The first kappa shape index (κ1) is 19.0. The summed E-state index contributed by atoms with van der Waals surface area (Å²) in [4.78, 5) is -0.439. The van der Waals surface area contributed by atoms with Crippen LogP contribution in [0.15, 0.2) is 83.8 Å². The average Bonchev–Trinajstić information content (AvgIpc) is 2.63. The molecule has 0 bridgehead atoms. The number of hydrogen-bond acceptors (Lipinski definition) is 2. The number of halogens is 3. The molecular formula is C20H16F3NO2S. The van der Waals surface area contributed by atoms with Gasteiger partial charge in [-0.1, -0.05) is 48.5 Å². The third-order valence-electron chi connectivity index (χ3n) is 3.93. The monoisotopic (exact) mass is 391 g/mol. The summed E-state index contributed by atoms with van der Waals surface area (Å²) in [5, 5.41) is 0. The van der Waals surface area contributed by atoms with Crippen molar-refractivity contribution in [3.05, 3.63) is 95.6 Å². The van der Waals surface area contributed by atoms with E-state index in [9.17, 15) is 21.6 Å². The molecule has 3 rings (SSSR count). The molecule has 140 valence electrons. The van der Waals surface area contributed by atoms with E-state index in [2.05, 4.69) is 4.72 Å². The summed E-state index contributed by atoms with van der Waals surface area (Å²) in [6.45, 7) is 0. The summed E-state index contributed by atoms with van der Waals surface area (Å²) in [5.74, 6) is 0. The number of hydrogen-bond donors (Lipinski definition) is 1. The van der Waals surface area contributed by atoms with Crippen molar-refractivity contribution >= 4 is 15.7 Å². The highest BCUT2D eigenvalue weighted by molar-refractivity contribution is 7.92. The molecule has 0 spiro atoms. The molecule has 7 heteroatoms. The standard InChI is InChI=1S/C20H16F3NO2S/c21-20(22,23)17-7-4-8-19(14-17)27(25,26)24-18-11-9-16(10-12-18)13-15-5-2-1-3-6-15/h1-12,14,24H,13H2. The number of nitrogens with one attached hydrogen (secondary N) is 1. The third kappa shape index (κ3) is 4.89. The van der Waals surface area contributed by atoms with Crippen molar-refractivity contribution in [3.8, 4) is 0 Å². The van der Waals surface area contributed by atoms with Gasteiger partial charge in [-0.2, -0.15) is 13.2 Å². The molecule has 0 fully saturated rings. The summed E-state index contributed by atoms with van der Waals surface area (Å²) in [5.41, 5.74) is 1.38. The Labute approximate surface area is 155 Å². The van der Waals surface area contributed by atoms with Crippen LogP contribution < -0.4 is 4.72 Å². The van der Waals surface area contributed by atoms with E-state index >= 15 is 0 Å². The van der Waals surface area contributed by atoms with Crippen LogP contribution in [0.25, 0.3) is 0 Å². The minimum absolute atomic E-state index is 0.282. The van der Waals surface area contributed by atoms with Gasteiger partial charge in [0, 0.05) is 5.69 Å². The normalized spacial score (nSPS) is 12.0.